The molecule has 8 heteroatoms. The van der Waals surface area contributed by atoms with Crippen LogP contribution in [0.2, 0.25) is 0 Å². The van der Waals surface area contributed by atoms with Gasteiger partial charge in [0.1, 0.15) is 18.0 Å². The molecule has 3 aromatic rings. The van der Waals surface area contributed by atoms with E-state index in [1.807, 2.05) is 12.1 Å². The lowest BCUT2D eigenvalue weighted by molar-refractivity contribution is 0.0396. The predicted octanol–water partition coefficient (Wildman–Crippen LogP) is 4.39. The second-order valence-corrected chi connectivity index (χ2v) is 10.3. The lowest BCUT2D eigenvalue weighted by atomic mass is 9.80. The molecule has 2 heterocycles. The van der Waals surface area contributed by atoms with Crippen molar-refractivity contribution in [3.8, 4) is 22.8 Å². The Balaban J connectivity index is 1.59. The van der Waals surface area contributed by atoms with E-state index in [1.54, 1.807) is 37.3 Å². The number of aliphatic hydroxyl groups excluding tert-OH is 1. The highest BCUT2D eigenvalue weighted by atomic mass is 19.1. The maximum atomic E-state index is 13.6. The normalized spacial score (nSPS) is 18.7. The van der Waals surface area contributed by atoms with Gasteiger partial charge in [-0.1, -0.05) is 6.92 Å². The number of aromatic nitrogens is 1. The van der Waals surface area contributed by atoms with Crippen molar-refractivity contribution in [3.63, 3.8) is 0 Å². The number of Topliss-reactive ketones (excluding diaryl/α,β-unsaturated/α-hetero) is 1. The van der Waals surface area contributed by atoms with Gasteiger partial charge in [0.25, 0.3) is 0 Å². The van der Waals surface area contributed by atoms with Crippen molar-refractivity contribution in [3.05, 3.63) is 77.2 Å². The summed E-state index contributed by atoms with van der Waals surface area (Å²) in [5.74, 6) is 0.355. The number of nitrogens with one attached hydrogen (secondary N) is 1. The highest BCUT2D eigenvalue weighted by Crippen LogP contribution is 2.36. The van der Waals surface area contributed by atoms with E-state index >= 15 is 0 Å². The van der Waals surface area contributed by atoms with Crippen LogP contribution in [-0.2, 0) is 11.0 Å². The van der Waals surface area contributed by atoms with Gasteiger partial charge in [0, 0.05) is 29.5 Å². The molecule has 2 atom stereocenters. The fourth-order valence-corrected chi connectivity index (χ4v) is 4.73. The summed E-state index contributed by atoms with van der Waals surface area (Å²) in [6.07, 6.45) is 1.19. The number of carbonyl (C=O) groups is 1. The number of carbonyl (C=O) groups excluding carboxylic acids is 1. The van der Waals surface area contributed by atoms with Crippen molar-refractivity contribution in [2.75, 3.05) is 33.4 Å². The van der Waals surface area contributed by atoms with Gasteiger partial charge >= 0.3 is 0 Å². The van der Waals surface area contributed by atoms with E-state index in [9.17, 15) is 14.3 Å². The third kappa shape index (κ3) is 6.20. The molecule has 7 nitrogen and oxygen atoms in total. The number of nitrogens with zero attached hydrogens (tertiary/aromatic N) is 1. The Hall–Kier alpha value is -3.33. The highest BCUT2D eigenvalue weighted by Gasteiger charge is 2.34. The molecule has 2 aromatic carbocycles. The van der Waals surface area contributed by atoms with E-state index < -0.39 is 5.60 Å². The molecular formula is C30H35FN2O5. The lowest BCUT2D eigenvalue weighted by Crippen LogP contribution is -2.28. The smallest absolute Gasteiger partial charge is 0.163 e. The summed E-state index contributed by atoms with van der Waals surface area (Å²) in [6.45, 7) is 5.54. The minimum absolute atomic E-state index is 0.0869. The molecule has 4 rings (SSSR count). The maximum Gasteiger partial charge on any atom is 0.163 e. The Kier molecular flexibility index (Phi) is 8.45. The molecular weight excluding hydrogens is 487 g/mol. The Morgan fingerprint density at radius 1 is 1.16 bits per heavy atom. The summed E-state index contributed by atoms with van der Waals surface area (Å²) >= 11 is 0. The van der Waals surface area contributed by atoms with Crippen LogP contribution in [0.1, 0.15) is 54.7 Å². The van der Waals surface area contributed by atoms with E-state index in [-0.39, 0.29) is 43.1 Å². The lowest BCUT2D eigenvalue weighted by Gasteiger charge is -2.28. The summed E-state index contributed by atoms with van der Waals surface area (Å²) in [4.78, 5) is 17.8. The molecule has 1 aromatic heterocycles. The molecule has 38 heavy (non-hydrogen) atoms. The van der Waals surface area contributed by atoms with Gasteiger partial charge in [-0.25, -0.2) is 9.37 Å². The molecule has 1 aliphatic heterocycles. The quantitative estimate of drug-likeness (QED) is 0.321. The first kappa shape index (κ1) is 27.7. The molecule has 0 radical (unpaired) electrons. The number of ketones is 1. The van der Waals surface area contributed by atoms with E-state index in [2.05, 4.69) is 12.2 Å². The van der Waals surface area contributed by atoms with Crippen LogP contribution in [0.15, 0.2) is 54.6 Å². The first-order valence-corrected chi connectivity index (χ1v) is 12.8. The minimum Gasteiger partial charge on any atom is -0.493 e. The van der Waals surface area contributed by atoms with Crippen LogP contribution in [0.5, 0.6) is 11.5 Å². The largest absolute Gasteiger partial charge is 0.493 e. The fraction of sp³-hybridized carbons (Fsp3) is 0.400. The molecule has 2 unspecified atom stereocenters. The molecule has 1 aliphatic rings. The van der Waals surface area contributed by atoms with Gasteiger partial charge in [0.05, 0.1) is 25.1 Å². The zero-order chi connectivity index (χ0) is 27.3. The maximum absolute atomic E-state index is 13.6. The standard InChI is InChI=1S/C30H35FN2O5/c1-29(12-13-32-19-29)22-17-24(20-4-7-23(31)8-5-20)33-28(18-22)30(2,36)11-10-25(35)21-6-9-26(38-15-14-34)27(16-21)37-3/h4-9,16-18,32,34,36H,10-15,19H2,1-3H3. The topological polar surface area (TPSA) is 101 Å². The number of hydrogen-bond acceptors (Lipinski definition) is 7. The van der Waals surface area contributed by atoms with Crippen molar-refractivity contribution in [2.45, 2.75) is 44.1 Å². The van der Waals surface area contributed by atoms with Gasteiger partial charge < -0.3 is 25.0 Å². The molecule has 3 N–H and O–H groups in total. The zero-order valence-corrected chi connectivity index (χ0v) is 22.1. The van der Waals surface area contributed by atoms with Crippen molar-refractivity contribution in [2.24, 2.45) is 0 Å². The van der Waals surface area contributed by atoms with Crippen LogP contribution in [-0.4, -0.2) is 54.4 Å². The molecule has 0 bridgehead atoms. The number of ether oxygens (including phenoxy) is 2. The second kappa shape index (κ2) is 11.6. The molecule has 1 fully saturated rings. The molecule has 0 amide bonds. The first-order chi connectivity index (χ1) is 18.1. The van der Waals surface area contributed by atoms with Crippen LogP contribution in [0.25, 0.3) is 11.3 Å². The second-order valence-electron chi connectivity index (χ2n) is 10.3. The molecule has 0 saturated carbocycles. The van der Waals surface area contributed by atoms with E-state index in [1.165, 1.54) is 19.2 Å². The van der Waals surface area contributed by atoms with E-state index in [0.717, 1.165) is 30.6 Å². The summed E-state index contributed by atoms with van der Waals surface area (Å²) < 4.78 is 24.3. The summed E-state index contributed by atoms with van der Waals surface area (Å²) in [7, 11) is 1.48. The molecule has 0 spiro atoms. The van der Waals surface area contributed by atoms with Gasteiger partial charge in [0.15, 0.2) is 17.3 Å². The molecule has 202 valence electrons. The summed E-state index contributed by atoms with van der Waals surface area (Å²) in [5, 5.41) is 23.9. The van der Waals surface area contributed by atoms with E-state index in [0.29, 0.717) is 28.5 Å². The summed E-state index contributed by atoms with van der Waals surface area (Å²) in [5.41, 5.74) is 1.85. The van der Waals surface area contributed by atoms with Crippen LogP contribution in [0, 0.1) is 5.82 Å². The number of benzene rings is 2. The van der Waals surface area contributed by atoms with Crippen molar-refractivity contribution in [1.82, 2.24) is 10.3 Å². The van der Waals surface area contributed by atoms with Crippen LogP contribution >= 0.6 is 0 Å². The van der Waals surface area contributed by atoms with Crippen molar-refractivity contribution in [1.29, 1.82) is 0 Å². The minimum atomic E-state index is -1.38. The third-order valence-corrected chi connectivity index (χ3v) is 7.26. The van der Waals surface area contributed by atoms with Gasteiger partial charge in [-0.15, -0.1) is 0 Å². The Labute approximate surface area is 222 Å². The van der Waals surface area contributed by atoms with Gasteiger partial charge in [-0.05, 0) is 86.5 Å². The Morgan fingerprint density at radius 3 is 2.58 bits per heavy atom. The number of pyridine rings is 1. The molecule has 1 saturated heterocycles. The average Bonchev–Trinajstić information content (AvgIpc) is 3.38. The zero-order valence-electron chi connectivity index (χ0n) is 22.1. The van der Waals surface area contributed by atoms with Crippen molar-refractivity contribution < 1.29 is 28.9 Å². The number of methoxy groups -OCH3 is 1. The summed E-state index contributed by atoms with van der Waals surface area (Å²) in [6, 6.07) is 15.0. The Morgan fingerprint density at radius 2 is 1.92 bits per heavy atom. The average molecular weight is 523 g/mol. The number of rotatable bonds is 11. The highest BCUT2D eigenvalue weighted by molar-refractivity contribution is 5.96. The third-order valence-electron chi connectivity index (χ3n) is 7.26. The number of halogens is 1. The van der Waals surface area contributed by atoms with Gasteiger partial charge in [0.2, 0.25) is 0 Å². The van der Waals surface area contributed by atoms with Gasteiger partial charge in [-0.2, -0.15) is 0 Å². The van der Waals surface area contributed by atoms with Crippen molar-refractivity contribution >= 4 is 5.78 Å². The van der Waals surface area contributed by atoms with Crippen LogP contribution in [0.3, 0.4) is 0 Å². The number of hydrogen-bond donors (Lipinski definition) is 3. The monoisotopic (exact) mass is 522 g/mol. The SMILES string of the molecule is COc1cc(C(=O)CCC(C)(O)c2cc(C3(C)CCNC3)cc(-c3ccc(F)cc3)n2)ccc1OCCO. The fourth-order valence-electron chi connectivity index (χ4n) is 4.73. The predicted molar refractivity (Wildman–Crippen MR) is 143 cm³/mol. The van der Waals surface area contributed by atoms with Gasteiger partial charge in [-0.3, -0.25) is 4.79 Å². The van der Waals surface area contributed by atoms with Crippen LogP contribution < -0.4 is 14.8 Å². The van der Waals surface area contributed by atoms with E-state index in [4.69, 9.17) is 19.6 Å². The van der Waals surface area contributed by atoms with Crippen LogP contribution in [0.4, 0.5) is 4.39 Å². The molecule has 0 aliphatic carbocycles. The number of aliphatic hydroxyl groups is 2. The Bertz CT molecular complexity index is 1270. The first-order valence-electron chi connectivity index (χ1n) is 12.8.